The van der Waals surface area contributed by atoms with Gasteiger partial charge in [0.05, 0.1) is 5.69 Å². The van der Waals surface area contributed by atoms with E-state index in [-0.39, 0.29) is 0 Å². The molecule has 0 bridgehead atoms. The molecule has 0 spiro atoms. The number of aryl methyl sites for hydroxylation is 2. The van der Waals surface area contributed by atoms with E-state index in [1.807, 2.05) is 31.4 Å². The number of anilines is 1. The first kappa shape index (κ1) is 10.4. The largest absolute Gasteiger partial charge is 0.397 e. The van der Waals surface area contributed by atoms with Crippen LogP contribution in [0.25, 0.3) is 0 Å². The molecule has 0 aliphatic carbocycles. The molecule has 2 N–H and O–H groups in total. The second-order valence-electron chi connectivity index (χ2n) is 3.20. The van der Waals surface area contributed by atoms with Gasteiger partial charge in [0.1, 0.15) is 5.03 Å². The van der Waals surface area contributed by atoms with E-state index in [2.05, 4.69) is 9.97 Å². The highest BCUT2D eigenvalue weighted by Gasteiger charge is 2.06. The number of rotatable bonds is 2. The van der Waals surface area contributed by atoms with E-state index in [1.165, 1.54) is 11.8 Å². The Kier molecular flexibility index (Phi) is 2.93. The molecule has 0 unspecified atom stereocenters. The lowest BCUT2D eigenvalue weighted by molar-refractivity contribution is 1.06. The van der Waals surface area contributed by atoms with Crippen molar-refractivity contribution in [1.82, 2.24) is 9.97 Å². The van der Waals surface area contributed by atoms with Crippen LogP contribution in [0.15, 0.2) is 26.9 Å². The maximum absolute atomic E-state index is 5.84. The molecule has 15 heavy (non-hydrogen) atoms. The van der Waals surface area contributed by atoms with Gasteiger partial charge < -0.3 is 5.73 Å². The van der Waals surface area contributed by atoms with Gasteiger partial charge in [0.2, 0.25) is 0 Å². The molecule has 0 radical (unpaired) electrons. The lowest BCUT2D eigenvalue weighted by Crippen LogP contribution is -1.93. The van der Waals surface area contributed by atoms with Gasteiger partial charge in [-0.1, -0.05) is 0 Å². The molecule has 0 fully saturated rings. The summed E-state index contributed by atoms with van der Waals surface area (Å²) in [6, 6.07) is 3.79. The van der Waals surface area contributed by atoms with Crippen LogP contribution in [0.3, 0.4) is 0 Å². The normalized spacial score (nSPS) is 10.5. The van der Waals surface area contributed by atoms with Crippen LogP contribution in [-0.2, 0) is 0 Å². The van der Waals surface area contributed by atoms with Crippen molar-refractivity contribution in [2.24, 2.45) is 0 Å². The van der Waals surface area contributed by atoms with E-state index in [0.29, 0.717) is 5.69 Å². The average Bonchev–Trinajstić information content (AvgIpc) is 2.58. The van der Waals surface area contributed by atoms with Crippen LogP contribution in [0.1, 0.15) is 11.4 Å². The standard InChI is InChI=1S/C10H11N3S2/c1-6-3-4-8(11)9(12-6)15-10-13-7(2)5-14-10/h3-5H,11H2,1-2H3. The van der Waals surface area contributed by atoms with Gasteiger partial charge in [-0.2, -0.15) is 0 Å². The van der Waals surface area contributed by atoms with Gasteiger partial charge in [-0.3, -0.25) is 0 Å². The predicted molar refractivity (Wildman–Crippen MR) is 64.4 cm³/mol. The highest BCUT2D eigenvalue weighted by Crippen LogP contribution is 2.32. The molecule has 0 saturated heterocycles. The Morgan fingerprint density at radius 2 is 2.00 bits per heavy atom. The molecular weight excluding hydrogens is 226 g/mol. The van der Waals surface area contributed by atoms with E-state index < -0.39 is 0 Å². The van der Waals surface area contributed by atoms with Crippen molar-refractivity contribution in [2.45, 2.75) is 23.2 Å². The SMILES string of the molecule is Cc1csc(Sc2nc(C)ccc2N)n1. The molecule has 0 saturated carbocycles. The molecule has 0 atom stereocenters. The Bertz CT molecular complexity index is 479. The Morgan fingerprint density at radius 3 is 2.67 bits per heavy atom. The summed E-state index contributed by atoms with van der Waals surface area (Å²) in [5, 5.41) is 2.86. The minimum atomic E-state index is 0.707. The van der Waals surface area contributed by atoms with Crippen molar-refractivity contribution in [1.29, 1.82) is 0 Å². The van der Waals surface area contributed by atoms with Crippen LogP contribution < -0.4 is 5.73 Å². The molecule has 0 amide bonds. The number of nitrogens with zero attached hydrogens (tertiary/aromatic N) is 2. The summed E-state index contributed by atoms with van der Waals surface area (Å²) in [7, 11) is 0. The lowest BCUT2D eigenvalue weighted by atomic mass is 10.3. The molecule has 78 valence electrons. The monoisotopic (exact) mass is 237 g/mol. The zero-order chi connectivity index (χ0) is 10.8. The summed E-state index contributed by atoms with van der Waals surface area (Å²) in [6.45, 7) is 3.93. The number of hydrogen-bond donors (Lipinski definition) is 1. The predicted octanol–water partition coefficient (Wildman–Crippen LogP) is 2.89. The molecule has 2 aromatic heterocycles. The summed E-state index contributed by atoms with van der Waals surface area (Å²) in [6.07, 6.45) is 0. The third-order valence-electron chi connectivity index (χ3n) is 1.81. The summed E-state index contributed by atoms with van der Waals surface area (Å²) in [4.78, 5) is 8.74. The van der Waals surface area contributed by atoms with Gasteiger partial charge >= 0.3 is 0 Å². The zero-order valence-corrected chi connectivity index (χ0v) is 10.2. The summed E-state index contributed by atoms with van der Waals surface area (Å²) < 4.78 is 0.984. The Balaban J connectivity index is 2.27. The molecule has 2 rings (SSSR count). The number of nitrogens with two attached hydrogens (primary N) is 1. The van der Waals surface area contributed by atoms with E-state index in [4.69, 9.17) is 5.73 Å². The number of hydrogen-bond acceptors (Lipinski definition) is 5. The highest BCUT2D eigenvalue weighted by atomic mass is 32.2. The lowest BCUT2D eigenvalue weighted by Gasteiger charge is -2.02. The van der Waals surface area contributed by atoms with Crippen LogP contribution in [0.5, 0.6) is 0 Å². The van der Waals surface area contributed by atoms with Gasteiger partial charge in [0.25, 0.3) is 0 Å². The molecule has 3 nitrogen and oxygen atoms in total. The minimum Gasteiger partial charge on any atom is -0.397 e. The maximum atomic E-state index is 5.84. The van der Waals surface area contributed by atoms with Crippen molar-refractivity contribution in [3.63, 3.8) is 0 Å². The number of thiazole rings is 1. The molecular formula is C10H11N3S2. The van der Waals surface area contributed by atoms with Crippen molar-refractivity contribution in [3.8, 4) is 0 Å². The van der Waals surface area contributed by atoms with Gasteiger partial charge in [-0.05, 0) is 37.7 Å². The van der Waals surface area contributed by atoms with Gasteiger partial charge in [-0.15, -0.1) is 11.3 Å². The molecule has 0 aliphatic rings. The third-order valence-corrected chi connectivity index (χ3v) is 3.89. The summed E-state index contributed by atoms with van der Waals surface area (Å²) in [5.74, 6) is 0. The van der Waals surface area contributed by atoms with Gasteiger partial charge in [0, 0.05) is 16.8 Å². The quantitative estimate of drug-likeness (QED) is 0.872. The first-order valence-electron chi connectivity index (χ1n) is 4.48. The number of aromatic nitrogens is 2. The second kappa shape index (κ2) is 4.20. The Hall–Kier alpha value is -1.07. The average molecular weight is 237 g/mol. The van der Waals surface area contributed by atoms with E-state index in [1.54, 1.807) is 11.3 Å². The summed E-state index contributed by atoms with van der Waals surface area (Å²) >= 11 is 3.14. The molecule has 0 aliphatic heterocycles. The van der Waals surface area contributed by atoms with Crippen LogP contribution >= 0.6 is 23.1 Å². The first-order valence-corrected chi connectivity index (χ1v) is 6.18. The van der Waals surface area contributed by atoms with Crippen molar-refractivity contribution in [2.75, 3.05) is 5.73 Å². The van der Waals surface area contributed by atoms with Crippen molar-refractivity contribution >= 4 is 28.8 Å². The smallest absolute Gasteiger partial charge is 0.156 e. The third kappa shape index (κ3) is 2.49. The fraction of sp³-hybridized carbons (Fsp3) is 0.200. The van der Waals surface area contributed by atoms with Crippen molar-refractivity contribution in [3.05, 3.63) is 28.9 Å². The van der Waals surface area contributed by atoms with Crippen LogP contribution in [0, 0.1) is 13.8 Å². The van der Waals surface area contributed by atoms with Crippen molar-refractivity contribution < 1.29 is 0 Å². The maximum Gasteiger partial charge on any atom is 0.156 e. The van der Waals surface area contributed by atoms with E-state index >= 15 is 0 Å². The Morgan fingerprint density at radius 1 is 1.20 bits per heavy atom. The topological polar surface area (TPSA) is 51.8 Å². The first-order chi connectivity index (χ1) is 7.15. The fourth-order valence-corrected chi connectivity index (χ4v) is 2.91. The molecule has 2 aromatic rings. The van der Waals surface area contributed by atoms with Gasteiger partial charge in [-0.25, -0.2) is 9.97 Å². The zero-order valence-electron chi connectivity index (χ0n) is 8.52. The molecule has 2 heterocycles. The number of nitrogen functional groups attached to an aromatic ring is 1. The van der Waals surface area contributed by atoms with Gasteiger partial charge in [0.15, 0.2) is 4.34 Å². The van der Waals surface area contributed by atoms with E-state index in [0.717, 1.165) is 20.8 Å². The van der Waals surface area contributed by atoms with Crippen LogP contribution in [0.4, 0.5) is 5.69 Å². The number of pyridine rings is 1. The summed E-state index contributed by atoms with van der Waals surface area (Å²) in [5.41, 5.74) is 8.55. The molecule has 5 heteroatoms. The second-order valence-corrected chi connectivity index (χ2v) is 5.30. The minimum absolute atomic E-state index is 0.707. The fourth-order valence-electron chi connectivity index (χ4n) is 1.09. The van der Waals surface area contributed by atoms with E-state index in [9.17, 15) is 0 Å². The highest BCUT2D eigenvalue weighted by molar-refractivity contribution is 8.01. The Labute approximate surface area is 96.8 Å². The van der Waals surface area contributed by atoms with Crippen LogP contribution in [-0.4, -0.2) is 9.97 Å². The molecule has 0 aromatic carbocycles. The van der Waals surface area contributed by atoms with Crippen LogP contribution in [0.2, 0.25) is 0 Å².